The lowest BCUT2D eigenvalue weighted by molar-refractivity contribution is -0.222. The van der Waals surface area contributed by atoms with Gasteiger partial charge in [-0.3, -0.25) is 9.59 Å². The zero-order valence-electron chi connectivity index (χ0n) is 29.9. The van der Waals surface area contributed by atoms with Crippen LogP contribution in [-0.4, -0.2) is 48.7 Å². The first-order valence-electron chi connectivity index (χ1n) is 18.1. The van der Waals surface area contributed by atoms with Crippen LogP contribution in [0.5, 0.6) is 11.5 Å². The summed E-state index contributed by atoms with van der Waals surface area (Å²) in [5.74, 6) is -0.867. The number of aromatic hydroxyl groups is 1. The van der Waals surface area contributed by atoms with Crippen LogP contribution in [0.25, 0.3) is 10.8 Å². The minimum absolute atomic E-state index is 0.0598. The van der Waals surface area contributed by atoms with Crippen molar-refractivity contribution in [2.75, 3.05) is 13.7 Å². The Morgan fingerprint density at radius 1 is 0.630 bits per heavy atom. The first kappa shape index (κ1) is 35.4. The van der Waals surface area contributed by atoms with Crippen molar-refractivity contribution >= 4 is 22.3 Å². The summed E-state index contributed by atoms with van der Waals surface area (Å²) in [4.78, 5) is 28.5. The second-order valence-electron chi connectivity index (χ2n) is 13.6. The predicted octanol–water partition coefficient (Wildman–Crippen LogP) is 8.55. The molecule has 54 heavy (non-hydrogen) atoms. The molecule has 272 valence electrons. The molecule has 1 saturated heterocycles. The van der Waals surface area contributed by atoms with Crippen molar-refractivity contribution in [3.63, 3.8) is 0 Å². The summed E-state index contributed by atoms with van der Waals surface area (Å²) < 4.78 is 32.2. The van der Waals surface area contributed by atoms with Gasteiger partial charge in [-0.1, -0.05) is 127 Å². The highest BCUT2D eigenvalue weighted by atomic mass is 16.6. The second-order valence-corrected chi connectivity index (χ2v) is 13.6. The molecule has 0 amide bonds. The zero-order valence-corrected chi connectivity index (χ0v) is 29.9. The van der Waals surface area contributed by atoms with Gasteiger partial charge in [0.1, 0.15) is 23.7 Å². The van der Waals surface area contributed by atoms with Crippen LogP contribution in [0.3, 0.4) is 0 Å². The molecule has 1 fully saturated rings. The largest absolute Gasteiger partial charge is 0.507 e. The van der Waals surface area contributed by atoms with E-state index >= 15 is 0 Å². The number of carbonyl (C=O) groups excluding carboxylic acids is 2. The van der Waals surface area contributed by atoms with Gasteiger partial charge in [-0.2, -0.15) is 0 Å². The van der Waals surface area contributed by atoms with Gasteiger partial charge in [0.05, 0.1) is 56.9 Å². The van der Waals surface area contributed by atoms with E-state index in [0.29, 0.717) is 42.6 Å². The fraction of sp³-hybridized carbons (Fsp3) is 0.217. The minimum Gasteiger partial charge on any atom is -0.507 e. The molecule has 8 nitrogen and oxygen atoms in total. The van der Waals surface area contributed by atoms with E-state index in [4.69, 9.17) is 23.7 Å². The number of hydrogen-bond donors (Lipinski definition) is 1. The molecule has 0 unspecified atom stereocenters. The third kappa shape index (κ3) is 6.93. The van der Waals surface area contributed by atoms with Gasteiger partial charge in [0.2, 0.25) is 5.78 Å². The predicted molar refractivity (Wildman–Crippen MR) is 204 cm³/mol. The van der Waals surface area contributed by atoms with E-state index in [0.717, 1.165) is 16.7 Å². The van der Waals surface area contributed by atoms with Gasteiger partial charge in [0.25, 0.3) is 0 Å². The van der Waals surface area contributed by atoms with Gasteiger partial charge in [-0.25, -0.2) is 0 Å². The summed E-state index contributed by atoms with van der Waals surface area (Å²) in [7, 11) is 1.45. The topological polar surface area (TPSA) is 101 Å². The van der Waals surface area contributed by atoms with Crippen LogP contribution < -0.4 is 4.74 Å². The Morgan fingerprint density at radius 2 is 1.22 bits per heavy atom. The van der Waals surface area contributed by atoms with Crippen LogP contribution in [0.1, 0.15) is 66.6 Å². The molecule has 8 heteroatoms. The van der Waals surface area contributed by atoms with E-state index in [1.165, 1.54) is 7.11 Å². The molecule has 0 radical (unpaired) electrons. The van der Waals surface area contributed by atoms with Crippen molar-refractivity contribution in [3.05, 3.63) is 178 Å². The maximum atomic E-state index is 14.4. The standard InChI is InChI=1S/C46H40O8/c1-50-35-23-13-22-34-40(35)45(49)42-41(43(34)47)33-21-12-11-20-32(33)39(44(42)48)36-24-37(52-26-30-16-7-3-8-17-30)46(53-27-31-18-9-4-10-19-31)38(54-36)28-51-25-29-14-5-2-6-15-29/h2-23,36-38,46,48H,24-28H2,1H3/t36-,37-,38-,46+/m1/s1. The minimum atomic E-state index is -0.759. The molecular weight excluding hydrogens is 680 g/mol. The Labute approximate surface area is 313 Å². The number of phenolic OH excluding ortho intramolecular Hbond substituents is 1. The molecule has 0 aromatic heterocycles. The van der Waals surface area contributed by atoms with Crippen molar-refractivity contribution in [1.29, 1.82) is 0 Å². The Bertz CT molecular complexity index is 2270. The van der Waals surface area contributed by atoms with Gasteiger partial charge in [0.15, 0.2) is 5.78 Å². The van der Waals surface area contributed by atoms with Crippen molar-refractivity contribution in [2.24, 2.45) is 0 Å². The second kappa shape index (κ2) is 15.8. The van der Waals surface area contributed by atoms with Gasteiger partial charge < -0.3 is 28.8 Å². The van der Waals surface area contributed by atoms with Crippen molar-refractivity contribution in [3.8, 4) is 11.5 Å². The van der Waals surface area contributed by atoms with Crippen molar-refractivity contribution in [1.82, 2.24) is 0 Å². The third-order valence-corrected chi connectivity index (χ3v) is 10.2. The number of fused-ring (bicyclic) bond motifs is 4. The quantitative estimate of drug-likeness (QED) is 0.134. The van der Waals surface area contributed by atoms with Crippen LogP contribution in [0, 0.1) is 0 Å². The first-order valence-corrected chi connectivity index (χ1v) is 18.1. The van der Waals surface area contributed by atoms with E-state index in [1.54, 1.807) is 18.2 Å². The average Bonchev–Trinajstić information content (AvgIpc) is 3.22. The summed E-state index contributed by atoms with van der Waals surface area (Å²) in [5.41, 5.74) is 3.89. The number of methoxy groups -OCH3 is 1. The molecule has 1 aliphatic carbocycles. The Balaban J connectivity index is 1.21. The fourth-order valence-corrected chi connectivity index (χ4v) is 7.66. The van der Waals surface area contributed by atoms with E-state index < -0.39 is 30.2 Å². The lowest BCUT2D eigenvalue weighted by Gasteiger charge is -2.42. The molecule has 1 aliphatic heterocycles. The molecule has 1 N–H and O–H groups in total. The lowest BCUT2D eigenvalue weighted by atomic mass is 9.78. The normalized spacial score (nSPS) is 19.4. The van der Waals surface area contributed by atoms with E-state index in [9.17, 15) is 14.7 Å². The van der Waals surface area contributed by atoms with Gasteiger partial charge in [0, 0.05) is 23.1 Å². The highest BCUT2D eigenvalue weighted by molar-refractivity contribution is 6.34. The van der Waals surface area contributed by atoms with Crippen LogP contribution in [0.4, 0.5) is 0 Å². The average molecular weight is 721 g/mol. The Kier molecular flexibility index (Phi) is 10.3. The highest BCUT2D eigenvalue weighted by Crippen LogP contribution is 2.48. The number of carbonyl (C=O) groups is 2. The van der Waals surface area contributed by atoms with Crippen LogP contribution >= 0.6 is 0 Å². The lowest BCUT2D eigenvalue weighted by Crippen LogP contribution is -2.50. The summed E-state index contributed by atoms with van der Waals surface area (Å²) in [6.45, 7) is 1.17. The molecule has 6 aromatic carbocycles. The number of hydrogen-bond acceptors (Lipinski definition) is 8. The van der Waals surface area contributed by atoms with Crippen LogP contribution in [-0.2, 0) is 38.8 Å². The number of ether oxygens (including phenoxy) is 5. The van der Waals surface area contributed by atoms with Crippen molar-refractivity contribution in [2.45, 2.75) is 50.7 Å². The smallest absolute Gasteiger partial charge is 0.202 e. The molecule has 8 rings (SSSR count). The van der Waals surface area contributed by atoms with Crippen LogP contribution in [0.15, 0.2) is 133 Å². The number of ketones is 2. The van der Waals surface area contributed by atoms with Crippen LogP contribution in [0.2, 0.25) is 0 Å². The van der Waals surface area contributed by atoms with E-state index in [2.05, 4.69) is 0 Å². The maximum absolute atomic E-state index is 14.4. The monoisotopic (exact) mass is 720 g/mol. The van der Waals surface area contributed by atoms with Crippen molar-refractivity contribution < 1.29 is 38.4 Å². The summed E-state index contributed by atoms with van der Waals surface area (Å²) in [6.07, 6.45) is -2.16. The molecular formula is C46H40O8. The summed E-state index contributed by atoms with van der Waals surface area (Å²) >= 11 is 0. The fourth-order valence-electron chi connectivity index (χ4n) is 7.66. The summed E-state index contributed by atoms with van der Waals surface area (Å²) in [6, 6.07) is 42.0. The third-order valence-electron chi connectivity index (χ3n) is 10.2. The van der Waals surface area contributed by atoms with E-state index in [-0.39, 0.29) is 46.1 Å². The molecule has 0 bridgehead atoms. The first-order chi connectivity index (χ1) is 26.5. The summed E-state index contributed by atoms with van der Waals surface area (Å²) in [5, 5.41) is 13.5. The Hall–Kier alpha value is -5.64. The molecule has 1 heterocycles. The highest BCUT2D eigenvalue weighted by Gasteiger charge is 2.45. The molecule has 0 saturated carbocycles. The number of phenols is 1. The molecule has 0 spiro atoms. The van der Waals surface area contributed by atoms with Gasteiger partial charge in [-0.15, -0.1) is 0 Å². The number of benzene rings is 6. The van der Waals surface area contributed by atoms with Gasteiger partial charge >= 0.3 is 0 Å². The Morgan fingerprint density at radius 3 is 1.87 bits per heavy atom. The molecule has 4 atom stereocenters. The molecule has 6 aromatic rings. The number of rotatable bonds is 12. The van der Waals surface area contributed by atoms with E-state index in [1.807, 2.05) is 115 Å². The molecule has 2 aliphatic rings. The zero-order chi connectivity index (χ0) is 37.0. The maximum Gasteiger partial charge on any atom is 0.202 e. The SMILES string of the molecule is COc1cccc2c1C(=O)c1c(O)c([C@H]3C[C@@H](OCc4ccccc4)[C@H](OCc4ccccc4)[C@@H](COCc4ccccc4)O3)c3ccccc3c1C2=O. The van der Waals surface area contributed by atoms with Gasteiger partial charge in [-0.05, 0) is 33.5 Å².